The van der Waals surface area contributed by atoms with Crippen molar-refractivity contribution in [3.05, 3.63) is 65.7 Å². The van der Waals surface area contributed by atoms with Gasteiger partial charge in [0.1, 0.15) is 0 Å². The zero-order chi connectivity index (χ0) is 21.3. The summed E-state index contributed by atoms with van der Waals surface area (Å²) in [5.74, 6) is -0.398. The standard InChI is InChI=1S/C23H26F3N3O/c1-28-12-10-18(11-13-28)27-20-15-21(20)29(19-8-3-2-4-9-19)22(30)16-6-5-7-17(14-16)23(24,25)26/h2-9,14,18,20-21,27H,10-13,15H2,1H3/t20-,21+/m1/s1. The average molecular weight is 417 g/mol. The fourth-order valence-corrected chi connectivity index (χ4v) is 4.14. The van der Waals surface area contributed by atoms with Crippen molar-refractivity contribution in [2.75, 3.05) is 25.0 Å². The van der Waals surface area contributed by atoms with E-state index in [9.17, 15) is 18.0 Å². The Balaban J connectivity index is 1.54. The summed E-state index contributed by atoms with van der Waals surface area (Å²) < 4.78 is 39.4. The number of halogens is 3. The first kappa shape index (κ1) is 20.9. The van der Waals surface area contributed by atoms with E-state index in [2.05, 4.69) is 17.3 Å². The zero-order valence-corrected chi connectivity index (χ0v) is 16.9. The van der Waals surface area contributed by atoms with Gasteiger partial charge in [-0.25, -0.2) is 0 Å². The molecule has 1 aliphatic carbocycles. The SMILES string of the molecule is CN1CCC(N[C@@H]2C[C@@H]2N(C(=O)c2cccc(C(F)(F)F)c2)c2ccccc2)CC1. The van der Waals surface area contributed by atoms with Gasteiger partial charge in [-0.3, -0.25) is 4.79 Å². The lowest BCUT2D eigenvalue weighted by atomic mass is 10.1. The molecule has 1 saturated heterocycles. The summed E-state index contributed by atoms with van der Waals surface area (Å²) in [5.41, 5.74) is -0.0469. The van der Waals surface area contributed by atoms with Crippen LogP contribution in [0.1, 0.15) is 35.2 Å². The molecule has 4 nitrogen and oxygen atoms in total. The van der Waals surface area contributed by atoms with Crippen LogP contribution in [0, 0.1) is 0 Å². The molecule has 2 fully saturated rings. The van der Waals surface area contributed by atoms with Gasteiger partial charge in [-0.05, 0) is 69.7 Å². The third-order valence-corrected chi connectivity index (χ3v) is 5.95. The predicted octanol–water partition coefficient (Wildman–Crippen LogP) is 4.18. The molecule has 0 unspecified atom stereocenters. The number of alkyl halides is 3. The highest BCUT2D eigenvalue weighted by Crippen LogP contribution is 2.36. The van der Waals surface area contributed by atoms with E-state index >= 15 is 0 Å². The van der Waals surface area contributed by atoms with E-state index in [4.69, 9.17) is 0 Å². The van der Waals surface area contributed by atoms with E-state index in [-0.39, 0.29) is 17.6 Å². The van der Waals surface area contributed by atoms with Crippen LogP contribution < -0.4 is 10.2 Å². The third-order valence-electron chi connectivity index (χ3n) is 5.95. The van der Waals surface area contributed by atoms with Crippen LogP contribution in [0.5, 0.6) is 0 Å². The van der Waals surface area contributed by atoms with Gasteiger partial charge in [0, 0.05) is 23.3 Å². The van der Waals surface area contributed by atoms with Crippen molar-refractivity contribution in [1.29, 1.82) is 0 Å². The van der Waals surface area contributed by atoms with Gasteiger partial charge < -0.3 is 15.1 Å². The van der Waals surface area contributed by atoms with Gasteiger partial charge in [-0.1, -0.05) is 24.3 Å². The largest absolute Gasteiger partial charge is 0.416 e. The lowest BCUT2D eigenvalue weighted by Gasteiger charge is -2.30. The van der Waals surface area contributed by atoms with Crippen molar-refractivity contribution >= 4 is 11.6 Å². The van der Waals surface area contributed by atoms with Crippen LogP contribution >= 0.6 is 0 Å². The molecule has 2 aromatic carbocycles. The number of anilines is 1. The zero-order valence-electron chi connectivity index (χ0n) is 16.9. The molecule has 1 saturated carbocycles. The van der Waals surface area contributed by atoms with Gasteiger partial charge >= 0.3 is 6.18 Å². The van der Waals surface area contributed by atoms with Crippen molar-refractivity contribution in [1.82, 2.24) is 10.2 Å². The number of benzene rings is 2. The molecular formula is C23H26F3N3O. The Morgan fingerprint density at radius 3 is 2.43 bits per heavy atom. The van der Waals surface area contributed by atoms with Gasteiger partial charge in [0.15, 0.2) is 0 Å². The molecule has 4 rings (SSSR count). The third kappa shape index (κ3) is 4.68. The highest BCUT2D eigenvalue weighted by atomic mass is 19.4. The van der Waals surface area contributed by atoms with Crippen LogP contribution in [-0.2, 0) is 6.18 Å². The maximum Gasteiger partial charge on any atom is 0.416 e. The number of amides is 1. The Morgan fingerprint density at radius 2 is 1.77 bits per heavy atom. The molecule has 30 heavy (non-hydrogen) atoms. The van der Waals surface area contributed by atoms with Gasteiger partial charge in [-0.2, -0.15) is 13.2 Å². The molecule has 2 atom stereocenters. The van der Waals surface area contributed by atoms with Crippen LogP contribution in [0.4, 0.5) is 18.9 Å². The number of hydrogen-bond acceptors (Lipinski definition) is 3. The number of likely N-dealkylation sites (tertiary alicyclic amines) is 1. The van der Waals surface area contributed by atoms with Gasteiger partial charge in [0.05, 0.1) is 11.6 Å². The second-order valence-electron chi connectivity index (χ2n) is 8.24. The summed E-state index contributed by atoms with van der Waals surface area (Å²) in [6, 6.07) is 14.4. The lowest BCUT2D eigenvalue weighted by Crippen LogP contribution is -2.44. The van der Waals surface area contributed by atoms with Gasteiger partial charge in [0.25, 0.3) is 5.91 Å². The first-order valence-corrected chi connectivity index (χ1v) is 10.3. The van der Waals surface area contributed by atoms with Crippen molar-refractivity contribution in [3.63, 3.8) is 0 Å². The second-order valence-corrected chi connectivity index (χ2v) is 8.24. The molecule has 7 heteroatoms. The van der Waals surface area contributed by atoms with Gasteiger partial charge in [-0.15, -0.1) is 0 Å². The molecule has 2 aromatic rings. The molecule has 1 heterocycles. The maximum atomic E-state index is 13.3. The van der Waals surface area contributed by atoms with E-state index < -0.39 is 17.6 Å². The van der Waals surface area contributed by atoms with E-state index in [1.807, 2.05) is 30.3 Å². The van der Waals surface area contributed by atoms with Crippen LogP contribution in [-0.4, -0.2) is 49.1 Å². The summed E-state index contributed by atoms with van der Waals surface area (Å²) in [5, 5.41) is 3.66. The van der Waals surface area contributed by atoms with Crippen LogP contribution in [0.25, 0.3) is 0 Å². The normalized spacial score (nSPS) is 22.7. The minimum absolute atomic E-state index is 0.0543. The molecule has 1 amide bonds. The minimum atomic E-state index is -4.48. The second kappa shape index (κ2) is 8.40. The van der Waals surface area contributed by atoms with Crippen LogP contribution in [0.3, 0.4) is 0 Å². The molecule has 0 aromatic heterocycles. The van der Waals surface area contributed by atoms with Crippen molar-refractivity contribution in [2.24, 2.45) is 0 Å². The van der Waals surface area contributed by atoms with Crippen LogP contribution in [0.15, 0.2) is 54.6 Å². The maximum absolute atomic E-state index is 13.3. The summed E-state index contributed by atoms with van der Waals surface area (Å²) >= 11 is 0. The number of nitrogens with zero attached hydrogens (tertiary/aromatic N) is 2. The number of carbonyl (C=O) groups excluding carboxylic acids is 1. The number of carbonyl (C=O) groups is 1. The Kier molecular flexibility index (Phi) is 5.84. The number of hydrogen-bond donors (Lipinski definition) is 1. The van der Waals surface area contributed by atoms with E-state index in [1.54, 1.807) is 4.90 Å². The molecule has 0 bridgehead atoms. The molecule has 1 aliphatic heterocycles. The molecule has 160 valence electrons. The molecule has 1 N–H and O–H groups in total. The monoisotopic (exact) mass is 417 g/mol. The highest BCUT2D eigenvalue weighted by Gasteiger charge is 2.46. The Labute approximate surface area is 174 Å². The number of para-hydroxylation sites is 1. The fourth-order valence-electron chi connectivity index (χ4n) is 4.14. The number of nitrogens with one attached hydrogen (secondary N) is 1. The first-order chi connectivity index (χ1) is 14.3. The quantitative estimate of drug-likeness (QED) is 0.793. The smallest absolute Gasteiger partial charge is 0.309 e. The predicted molar refractivity (Wildman–Crippen MR) is 111 cm³/mol. The topological polar surface area (TPSA) is 35.6 Å². The first-order valence-electron chi connectivity index (χ1n) is 10.3. The van der Waals surface area contributed by atoms with Crippen molar-refractivity contribution in [2.45, 2.75) is 43.6 Å². The fraction of sp³-hybridized carbons (Fsp3) is 0.435. The molecule has 2 aliphatic rings. The Bertz CT molecular complexity index is 879. The summed E-state index contributed by atoms with van der Waals surface area (Å²) in [6.45, 7) is 2.08. The molecular weight excluding hydrogens is 391 g/mol. The Hall–Kier alpha value is -2.38. The highest BCUT2D eigenvalue weighted by molar-refractivity contribution is 6.07. The minimum Gasteiger partial charge on any atom is -0.309 e. The van der Waals surface area contributed by atoms with E-state index in [0.29, 0.717) is 11.7 Å². The van der Waals surface area contributed by atoms with E-state index in [0.717, 1.165) is 44.5 Å². The molecule has 0 spiro atoms. The van der Waals surface area contributed by atoms with Gasteiger partial charge in [0.2, 0.25) is 0 Å². The van der Waals surface area contributed by atoms with E-state index in [1.165, 1.54) is 12.1 Å². The lowest BCUT2D eigenvalue weighted by molar-refractivity contribution is -0.137. The molecule has 0 radical (unpaired) electrons. The Morgan fingerprint density at radius 1 is 1.07 bits per heavy atom. The number of piperidine rings is 1. The summed E-state index contributed by atoms with van der Waals surface area (Å²) in [4.78, 5) is 17.3. The average Bonchev–Trinajstić information content (AvgIpc) is 3.48. The summed E-state index contributed by atoms with van der Waals surface area (Å²) in [6.07, 6.45) is -1.56. The summed E-state index contributed by atoms with van der Waals surface area (Å²) in [7, 11) is 2.11. The van der Waals surface area contributed by atoms with Crippen molar-refractivity contribution in [3.8, 4) is 0 Å². The van der Waals surface area contributed by atoms with Crippen molar-refractivity contribution < 1.29 is 18.0 Å². The number of rotatable bonds is 5. The van der Waals surface area contributed by atoms with Crippen LogP contribution in [0.2, 0.25) is 0 Å².